The Morgan fingerprint density at radius 3 is 2.58 bits per heavy atom. The maximum absolute atomic E-state index is 14.7. The SMILES string of the molecule is C=CCc1oc(C(CCC)Oc2ccc(F)c(C(C)=O)c2F)nc1-c1ccc(Cl)cc1. The lowest BCUT2D eigenvalue weighted by Gasteiger charge is -2.17. The molecule has 1 unspecified atom stereocenters. The van der Waals surface area contributed by atoms with Crippen molar-refractivity contribution >= 4 is 17.4 Å². The van der Waals surface area contributed by atoms with E-state index in [2.05, 4.69) is 11.6 Å². The number of ether oxygens (including phenoxy) is 1. The van der Waals surface area contributed by atoms with E-state index in [4.69, 9.17) is 20.8 Å². The Labute approximate surface area is 184 Å². The summed E-state index contributed by atoms with van der Waals surface area (Å²) in [5.74, 6) is -2.08. The lowest BCUT2D eigenvalue weighted by Crippen LogP contribution is -2.11. The molecule has 0 bridgehead atoms. The van der Waals surface area contributed by atoms with Gasteiger partial charge in [-0.2, -0.15) is 0 Å². The van der Waals surface area contributed by atoms with Crippen molar-refractivity contribution in [2.75, 3.05) is 0 Å². The molecule has 1 aromatic heterocycles. The highest BCUT2D eigenvalue weighted by Gasteiger charge is 2.26. The fourth-order valence-electron chi connectivity index (χ4n) is 3.21. The number of Topliss-reactive ketones (excluding diaryl/α,β-unsaturated/α-hetero) is 1. The number of rotatable bonds is 9. The van der Waals surface area contributed by atoms with Crippen LogP contribution in [-0.4, -0.2) is 10.8 Å². The quantitative estimate of drug-likeness (QED) is 0.260. The maximum atomic E-state index is 14.7. The van der Waals surface area contributed by atoms with Crippen LogP contribution in [0, 0.1) is 11.6 Å². The van der Waals surface area contributed by atoms with Crippen LogP contribution in [0.2, 0.25) is 5.02 Å². The third-order valence-electron chi connectivity index (χ3n) is 4.66. The highest BCUT2D eigenvalue weighted by molar-refractivity contribution is 6.30. The molecule has 162 valence electrons. The van der Waals surface area contributed by atoms with Gasteiger partial charge >= 0.3 is 0 Å². The van der Waals surface area contributed by atoms with Crippen molar-refractivity contribution in [2.24, 2.45) is 0 Å². The second kappa shape index (κ2) is 9.88. The van der Waals surface area contributed by atoms with Crippen molar-refractivity contribution in [2.45, 2.75) is 39.2 Å². The Bertz CT molecular complexity index is 1090. The third kappa shape index (κ3) is 5.02. The summed E-state index contributed by atoms with van der Waals surface area (Å²) in [7, 11) is 0. The summed E-state index contributed by atoms with van der Waals surface area (Å²) in [6.07, 6.45) is 2.57. The van der Waals surface area contributed by atoms with Crippen molar-refractivity contribution in [3.63, 3.8) is 0 Å². The first-order valence-electron chi connectivity index (χ1n) is 9.87. The summed E-state index contributed by atoms with van der Waals surface area (Å²) < 4.78 is 40.4. The number of hydrogen-bond acceptors (Lipinski definition) is 4. The first-order valence-corrected chi connectivity index (χ1v) is 10.3. The minimum Gasteiger partial charge on any atom is -0.478 e. The summed E-state index contributed by atoms with van der Waals surface area (Å²) in [6.45, 7) is 6.79. The van der Waals surface area contributed by atoms with Gasteiger partial charge in [-0.05, 0) is 37.6 Å². The van der Waals surface area contributed by atoms with Gasteiger partial charge in [0.2, 0.25) is 5.89 Å². The van der Waals surface area contributed by atoms with Crippen molar-refractivity contribution in [1.29, 1.82) is 0 Å². The van der Waals surface area contributed by atoms with Crippen LogP contribution >= 0.6 is 11.6 Å². The summed E-state index contributed by atoms with van der Waals surface area (Å²) in [5.41, 5.74) is 0.785. The minimum absolute atomic E-state index is 0.235. The minimum atomic E-state index is -1.04. The summed E-state index contributed by atoms with van der Waals surface area (Å²) in [6, 6.07) is 9.32. The van der Waals surface area contributed by atoms with E-state index in [0.29, 0.717) is 35.7 Å². The Morgan fingerprint density at radius 1 is 1.26 bits per heavy atom. The zero-order chi connectivity index (χ0) is 22.5. The average molecular weight is 446 g/mol. The molecule has 1 heterocycles. The van der Waals surface area contributed by atoms with Crippen molar-refractivity contribution < 1.29 is 22.7 Å². The van der Waals surface area contributed by atoms with E-state index < -0.39 is 29.1 Å². The van der Waals surface area contributed by atoms with Crippen LogP contribution in [0.1, 0.15) is 54.8 Å². The van der Waals surface area contributed by atoms with Gasteiger partial charge in [-0.3, -0.25) is 4.79 Å². The van der Waals surface area contributed by atoms with E-state index in [1.165, 1.54) is 0 Å². The van der Waals surface area contributed by atoms with Gasteiger partial charge in [-0.1, -0.05) is 43.2 Å². The summed E-state index contributed by atoms with van der Waals surface area (Å²) in [4.78, 5) is 16.2. The molecule has 0 fully saturated rings. The van der Waals surface area contributed by atoms with Crippen LogP contribution < -0.4 is 4.74 Å². The summed E-state index contributed by atoms with van der Waals surface area (Å²) in [5, 5.41) is 0.595. The molecule has 0 aliphatic heterocycles. The van der Waals surface area contributed by atoms with Gasteiger partial charge in [-0.15, -0.1) is 6.58 Å². The van der Waals surface area contributed by atoms with Gasteiger partial charge in [0.1, 0.15) is 17.3 Å². The molecular weight excluding hydrogens is 424 g/mol. The van der Waals surface area contributed by atoms with Crippen molar-refractivity contribution in [3.05, 3.63) is 82.9 Å². The van der Waals surface area contributed by atoms with Gasteiger partial charge in [0, 0.05) is 17.0 Å². The number of oxazole rings is 1. The molecule has 0 saturated carbocycles. The highest BCUT2D eigenvalue weighted by atomic mass is 35.5. The first-order chi connectivity index (χ1) is 14.8. The van der Waals surface area contributed by atoms with E-state index >= 15 is 0 Å². The monoisotopic (exact) mass is 445 g/mol. The molecule has 3 aromatic rings. The number of nitrogens with zero attached hydrogens (tertiary/aromatic N) is 1. The molecule has 3 rings (SSSR count). The number of carbonyl (C=O) groups excluding carboxylic acids is 1. The molecule has 4 nitrogen and oxygen atoms in total. The number of hydrogen-bond donors (Lipinski definition) is 0. The number of carbonyl (C=O) groups is 1. The number of halogens is 3. The molecule has 31 heavy (non-hydrogen) atoms. The predicted octanol–water partition coefficient (Wildman–Crippen LogP) is 7.12. The fraction of sp³-hybridized carbons (Fsp3) is 0.250. The fourth-order valence-corrected chi connectivity index (χ4v) is 3.33. The topological polar surface area (TPSA) is 52.3 Å². The molecule has 1 atom stereocenters. The van der Waals surface area contributed by atoms with Crippen LogP contribution in [0.5, 0.6) is 5.75 Å². The standard InChI is InChI=1S/C24H22ClF2NO3/c1-4-6-19-23(15-8-10-16(25)11-9-15)28-24(31-19)20(7-5-2)30-18-13-12-17(26)21(14(3)29)22(18)27/h4,8-13,20H,1,5-7H2,2-3H3. The molecule has 0 N–H and O–H groups in total. The zero-order valence-corrected chi connectivity index (χ0v) is 18.0. The van der Waals surface area contributed by atoms with E-state index in [-0.39, 0.29) is 11.6 Å². The van der Waals surface area contributed by atoms with Crippen LogP contribution in [-0.2, 0) is 6.42 Å². The molecule has 0 aliphatic rings. The van der Waals surface area contributed by atoms with Gasteiger partial charge in [0.25, 0.3) is 0 Å². The average Bonchev–Trinajstić information content (AvgIpc) is 3.14. The second-order valence-corrected chi connectivity index (χ2v) is 7.45. The largest absolute Gasteiger partial charge is 0.478 e. The Kier molecular flexibility index (Phi) is 7.23. The second-order valence-electron chi connectivity index (χ2n) is 7.01. The number of aromatic nitrogens is 1. The van der Waals surface area contributed by atoms with Crippen LogP contribution in [0.15, 0.2) is 53.5 Å². The number of benzene rings is 2. The normalized spacial score (nSPS) is 11.9. The third-order valence-corrected chi connectivity index (χ3v) is 4.92. The molecule has 0 spiro atoms. The van der Waals surface area contributed by atoms with E-state index in [1.54, 1.807) is 18.2 Å². The predicted molar refractivity (Wildman–Crippen MR) is 115 cm³/mol. The Balaban J connectivity index is 2.01. The van der Waals surface area contributed by atoms with Gasteiger partial charge < -0.3 is 9.15 Å². The molecule has 0 amide bonds. The van der Waals surface area contributed by atoms with Gasteiger partial charge in [-0.25, -0.2) is 13.8 Å². The van der Waals surface area contributed by atoms with E-state index in [0.717, 1.165) is 24.6 Å². The van der Waals surface area contributed by atoms with Crippen LogP contribution in [0.4, 0.5) is 8.78 Å². The van der Waals surface area contributed by atoms with Crippen LogP contribution in [0.3, 0.4) is 0 Å². The number of ketones is 1. The van der Waals surface area contributed by atoms with Gasteiger partial charge in [0.05, 0.1) is 5.56 Å². The lowest BCUT2D eigenvalue weighted by molar-refractivity contribution is 0.100. The molecule has 7 heteroatoms. The highest BCUT2D eigenvalue weighted by Crippen LogP contribution is 2.34. The maximum Gasteiger partial charge on any atom is 0.236 e. The Morgan fingerprint density at radius 2 is 1.97 bits per heavy atom. The van der Waals surface area contributed by atoms with E-state index in [1.807, 2.05) is 19.1 Å². The van der Waals surface area contributed by atoms with Crippen LogP contribution in [0.25, 0.3) is 11.3 Å². The van der Waals surface area contributed by atoms with Crippen molar-refractivity contribution in [1.82, 2.24) is 4.98 Å². The first kappa shape index (κ1) is 22.7. The number of allylic oxidation sites excluding steroid dienone is 1. The summed E-state index contributed by atoms with van der Waals surface area (Å²) >= 11 is 5.98. The van der Waals surface area contributed by atoms with Gasteiger partial charge in [0.15, 0.2) is 23.5 Å². The molecule has 0 saturated heterocycles. The molecular formula is C24H22ClF2NO3. The molecule has 0 radical (unpaired) electrons. The lowest BCUT2D eigenvalue weighted by atomic mass is 10.1. The smallest absolute Gasteiger partial charge is 0.236 e. The van der Waals surface area contributed by atoms with Crippen molar-refractivity contribution in [3.8, 4) is 17.0 Å². The molecule has 0 aliphatic carbocycles. The Hall–Kier alpha value is -2.99. The van der Waals surface area contributed by atoms with E-state index in [9.17, 15) is 13.6 Å². The zero-order valence-electron chi connectivity index (χ0n) is 17.3. The molecule has 2 aromatic carbocycles.